The molecule has 0 aliphatic rings. The smallest absolute Gasteiger partial charge is 0.257 e. The van der Waals surface area contributed by atoms with Gasteiger partial charge in [-0.2, -0.15) is 0 Å². The topological polar surface area (TPSA) is 97.8 Å². The fourth-order valence-corrected chi connectivity index (χ4v) is 2.53. The molecule has 0 radical (unpaired) electrons. The van der Waals surface area contributed by atoms with Crippen molar-refractivity contribution in [2.45, 2.75) is 33.3 Å². The van der Waals surface area contributed by atoms with Gasteiger partial charge in [0.2, 0.25) is 8.03 Å². The molecule has 1 aromatic carbocycles. The average molecular weight is 378 g/mol. The zero-order chi connectivity index (χ0) is 19.1. The Balaban J connectivity index is 2.21. The third-order valence-corrected chi connectivity index (χ3v) is 4.03. The number of amides is 1. The number of carbonyl (C=O) groups excluding carboxylic acids is 1. The Morgan fingerprint density at radius 3 is 2.58 bits per heavy atom. The molecule has 26 heavy (non-hydrogen) atoms. The molecule has 0 saturated carbocycles. The van der Waals surface area contributed by atoms with E-state index in [1.165, 1.54) is 18.3 Å². The Morgan fingerprint density at radius 1 is 1.27 bits per heavy atom. The molecule has 0 aliphatic heterocycles. The van der Waals surface area contributed by atoms with Crippen molar-refractivity contribution in [2.75, 3.05) is 11.9 Å². The normalized spacial score (nSPS) is 11.9. The summed E-state index contributed by atoms with van der Waals surface area (Å²) in [5.74, 6) is 1.00. The number of benzene rings is 1. The van der Waals surface area contributed by atoms with Gasteiger partial charge in [0.25, 0.3) is 5.91 Å². The van der Waals surface area contributed by atoms with Crippen LogP contribution in [0.1, 0.15) is 37.6 Å². The van der Waals surface area contributed by atoms with E-state index in [1.807, 2.05) is 20.8 Å². The van der Waals surface area contributed by atoms with Crippen molar-refractivity contribution in [2.24, 2.45) is 0 Å². The number of pyridine rings is 1. The molecule has 0 aliphatic carbocycles. The first-order chi connectivity index (χ1) is 12.4. The molecule has 0 spiro atoms. The van der Waals surface area contributed by atoms with Crippen LogP contribution in [-0.4, -0.2) is 28.5 Å². The van der Waals surface area contributed by atoms with Crippen molar-refractivity contribution in [3.05, 3.63) is 42.1 Å². The van der Waals surface area contributed by atoms with Gasteiger partial charge < -0.3 is 19.7 Å². The Morgan fingerprint density at radius 2 is 2.00 bits per heavy atom. The average Bonchev–Trinajstić information content (AvgIpc) is 2.59. The minimum atomic E-state index is -2.80. The van der Waals surface area contributed by atoms with Crippen molar-refractivity contribution in [3.8, 4) is 11.5 Å². The highest BCUT2D eigenvalue weighted by Crippen LogP contribution is 2.25. The summed E-state index contributed by atoms with van der Waals surface area (Å²) < 4.78 is 22.3. The van der Waals surface area contributed by atoms with Crippen LogP contribution in [-0.2, 0) is 4.57 Å². The number of rotatable bonds is 8. The van der Waals surface area contributed by atoms with E-state index < -0.39 is 8.03 Å². The van der Waals surface area contributed by atoms with E-state index >= 15 is 0 Å². The number of carbonyl (C=O) groups is 1. The molecule has 7 nitrogen and oxygen atoms in total. The van der Waals surface area contributed by atoms with Crippen molar-refractivity contribution in [1.82, 2.24) is 4.98 Å². The van der Waals surface area contributed by atoms with E-state index in [9.17, 15) is 9.36 Å². The fourth-order valence-electron chi connectivity index (χ4n) is 2.13. The van der Waals surface area contributed by atoms with Crippen molar-refractivity contribution in [1.29, 1.82) is 0 Å². The Labute approximate surface area is 153 Å². The highest BCUT2D eigenvalue weighted by molar-refractivity contribution is 7.47. The molecule has 1 aromatic heterocycles. The van der Waals surface area contributed by atoms with Gasteiger partial charge in [-0.15, -0.1) is 0 Å². The summed E-state index contributed by atoms with van der Waals surface area (Å²) in [5, 5.41) is 2.89. The minimum Gasteiger partial charge on any atom is -0.493 e. The summed E-state index contributed by atoms with van der Waals surface area (Å²) in [6.07, 6.45) is 2.08. The maximum atomic E-state index is 12.5. The molecular formula is C18H23N2O5P. The maximum Gasteiger partial charge on any atom is 0.257 e. The minimum absolute atomic E-state index is 0.0388. The van der Waals surface area contributed by atoms with Crippen molar-refractivity contribution >= 4 is 25.1 Å². The second kappa shape index (κ2) is 9.36. The zero-order valence-electron chi connectivity index (χ0n) is 15.0. The number of hydrogen-bond acceptors (Lipinski definition) is 5. The van der Waals surface area contributed by atoms with Gasteiger partial charge in [0.15, 0.2) is 0 Å². The molecule has 8 heteroatoms. The Kier molecular flexibility index (Phi) is 7.18. The molecule has 1 heterocycles. The quantitative estimate of drug-likeness (QED) is 0.686. The van der Waals surface area contributed by atoms with Crippen LogP contribution in [0.15, 0.2) is 36.5 Å². The number of hydrogen-bond donors (Lipinski definition) is 2. The fraction of sp³-hybridized carbons (Fsp3) is 0.333. The predicted octanol–water partition coefficient (Wildman–Crippen LogP) is 3.00. The highest BCUT2D eigenvalue weighted by atomic mass is 31.1. The van der Waals surface area contributed by atoms with Gasteiger partial charge in [0.05, 0.1) is 18.0 Å². The number of nitrogens with zero attached hydrogens (tertiary/aromatic N) is 1. The van der Waals surface area contributed by atoms with E-state index in [-0.39, 0.29) is 23.1 Å². The van der Waals surface area contributed by atoms with E-state index in [4.69, 9.17) is 14.4 Å². The zero-order valence-corrected chi connectivity index (χ0v) is 16.0. The van der Waals surface area contributed by atoms with Gasteiger partial charge in [-0.3, -0.25) is 9.36 Å². The summed E-state index contributed by atoms with van der Waals surface area (Å²) in [4.78, 5) is 25.6. The first-order valence-electron chi connectivity index (χ1n) is 8.34. The molecule has 140 valence electrons. The number of aromatic nitrogens is 1. The summed E-state index contributed by atoms with van der Waals surface area (Å²) in [6, 6.07) is 7.96. The van der Waals surface area contributed by atoms with E-state index in [0.29, 0.717) is 23.7 Å². The van der Waals surface area contributed by atoms with Gasteiger partial charge in [0.1, 0.15) is 17.3 Å². The molecule has 2 N–H and O–H groups in total. The van der Waals surface area contributed by atoms with Gasteiger partial charge in [0, 0.05) is 17.8 Å². The van der Waals surface area contributed by atoms with Crippen LogP contribution in [0.4, 0.5) is 5.82 Å². The summed E-state index contributed by atoms with van der Waals surface area (Å²) in [7, 11) is -2.80. The van der Waals surface area contributed by atoms with Crippen LogP contribution in [0, 0.1) is 0 Å². The summed E-state index contributed by atoms with van der Waals surface area (Å²) in [5.41, 5.74) is 0.371. The number of nitrogens with one attached hydrogen (secondary N) is 1. The monoisotopic (exact) mass is 378 g/mol. The van der Waals surface area contributed by atoms with Crippen LogP contribution < -0.4 is 20.1 Å². The van der Waals surface area contributed by atoms with E-state index in [1.54, 1.807) is 18.2 Å². The van der Waals surface area contributed by atoms with Gasteiger partial charge in [-0.05, 0) is 44.5 Å². The molecule has 1 unspecified atom stereocenters. The van der Waals surface area contributed by atoms with Crippen molar-refractivity contribution < 1.29 is 23.7 Å². The first kappa shape index (κ1) is 19.9. The molecule has 2 aromatic rings. The molecule has 0 saturated heterocycles. The molecule has 2 rings (SSSR count). The third-order valence-electron chi connectivity index (χ3n) is 3.24. The second-order valence-corrected chi connectivity index (χ2v) is 7.09. The SMILES string of the molecule is CCCOc1cc(OC(C)C)cc(C(=O)Nc2ccc([PH](=O)O)cn2)c1. The van der Waals surface area contributed by atoms with Gasteiger partial charge in [-0.1, -0.05) is 6.92 Å². The highest BCUT2D eigenvalue weighted by Gasteiger charge is 2.12. The Bertz CT molecular complexity index is 778. The molecule has 1 atom stereocenters. The van der Waals surface area contributed by atoms with Crippen LogP contribution in [0.3, 0.4) is 0 Å². The first-order valence-corrected chi connectivity index (χ1v) is 9.69. The van der Waals surface area contributed by atoms with Gasteiger partial charge in [-0.25, -0.2) is 4.98 Å². The Hall–Kier alpha value is -2.37. The lowest BCUT2D eigenvalue weighted by atomic mass is 10.2. The molecule has 0 fully saturated rings. The lowest BCUT2D eigenvalue weighted by molar-refractivity contribution is 0.102. The van der Waals surface area contributed by atoms with Crippen LogP contribution in [0.25, 0.3) is 0 Å². The van der Waals surface area contributed by atoms with Crippen LogP contribution in [0.2, 0.25) is 0 Å². The lowest BCUT2D eigenvalue weighted by Gasteiger charge is -2.14. The van der Waals surface area contributed by atoms with Crippen molar-refractivity contribution in [3.63, 3.8) is 0 Å². The van der Waals surface area contributed by atoms with Crippen LogP contribution >= 0.6 is 8.03 Å². The standard InChI is InChI=1S/C18H23N2O5P/c1-4-7-24-14-8-13(9-15(10-14)25-12(2)3)18(21)20-17-6-5-16(11-19-17)26(22)23/h5-6,8-12,26H,4,7H2,1-3H3,(H,22,23)(H,19,20,21). The second-order valence-electron chi connectivity index (χ2n) is 5.90. The lowest BCUT2D eigenvalue weighted by Crippen LogP contribution is -2.15. The van der Waals surface area contributed by atoms with Gasteiger partial charge >= 0.3 is 0 Å². The third kappa shape index (κ3) is 5.86. The van der Waals surface area contributed by atoms with Crippen LogP contribution in [0.5, 0.6) is 11.5 Å². The molecular weight excluding hydrogens is 355 g/mol. The molecule has 1 amide bonds. The summed E-state index contributed by atoms with van der Waals surface area (Å²) in [6.45, 7) is 6.34. The number of anilines is 1. The van der Waals surface area contributed by atoms with E-state index in [2.05, 4.69) is 10.3 Å². The molecule has 0 bridgehead atoms. The summed E-state index contributed by atoms with van der Waals surface area (Å²) >= 11 is 0. The largest absolute Gasteiger partial charge is 0.493 e. The maximum absolute atomic E-state index is 12.5. The van der Waals surface area contributed by atoms with E-state index in [0.717, 1.165) is 6.42 Å². The predicted molar refractivity (Wildman–Crippen MR) is 101 cm³/mol. The number of ether oxygens (including phenoxy) is 2.